The van der Waals surface area contributed by atoms with Gasteiger partial charge in [-0.05, 0) is 41.2 Å². The molecule has 0 aromatic heterocycles. The number of methoxy groups -OCH3 is 1. The van der Waals surface area contributed by atoms with Crippen LogP contribution >= 0.6 is 15.9 Å². The molecule has 1 aliphatic heterocycles. The summed E-state index contributed by atoms with van der Waals surface area (Å²) < 4.78 is 6.19. The van der Waals surface area contributed by atoms with E-state index in [9.17, 15) is 5.11 Å². The van der Waals surface area contributed by atoms with Gasteiger partial charge in [-0.2, -0.15) is 0 Å². The second kappa shape index (κ2) is 5.91. The fourth-order valence-corrected chi connectivity index (χ4v) is 2.76. The first-order valence-electron chi connectivity index (χ1n) is 6.05. The molecule has 1 saturated heterocycles. The summed E-state index contributed by atoms with van der Waals surface area (Å²) in [4.78, 5) is 4.50. The van der Waals surface area contributed by atoms with Crippen LogP contribution in [0.15, 0.2) is 22.7 Å². The van der Waals surface area contributed by atoms with E-state index in [-0.39, 0.29) is 12.6 Å². The Balaban J connectivity index is 2.14. The van der Waals surface area contributed by atoms with Gasteiger partial charge in [0, 0.05) is 25.3 Å². The van der Waals surface area contributed by atoms with Gasteiger partial charge in [-0.15, -0.1) is 0 Å². The van der Waals surface area contributed by atoms with Crippen molar-refractivity contribution in [1.82, 2.24) is 4.90 Å². The number of aliphatic hydroxyl groups is 1. The fraction of sp³-hybridized carbons (Fsp3) is 0.538. The van der Waals surface area contributed by atoms with Crippen LogP contribution in [-0.2, 0) is 0 Å². The van der Waals surface area contributed by atoms with E-state index in [1.54, 1.807) is 7.11 Å². The first-order valence-corrected chi connectivity index (χ1v) is 6.84. The van der Waals surface area contributed by atoms with Crippen molar-refractivity contribution in [1.29, 1.82) is 0 Å². The second-order valence-corrected chi connectivity index (χ2v) is 5.44. The van der Waals surface area contributed by atoms with Crippen LogP contribution in [0.25, 0.3) is 0 Å². The van der Waals surface area contributed by atoms with Gasteiger partial charge in [-0.1, -0.05) is 0 Å². The third-order valence-electron chi connectivity index (χ3n) is 3.49. The maximum absolute atomic E-state index is 9.37. The van der Waals surface area contributed by atoms with Gasteiger partial charge in [0.15, 0.2) is 0 Å². The van der Waals surface area contributed by atoms with Gasteiger partial charge >= 0.3 is 0 Å². The Morgan fingerprint density at radius 1 is 1.44 bits per heavy atom. The molecular formula is C13H19BrN2O2. The van der Waals surface area contributed by atoms with Gasteiger partial charge < -0.3 is 14.7 Å². The predicted molar refractivity (Wildman–Crippen MR) is 76.4 cm³/mol. The molecule has 1 aromatic carbocycles. The summed E-state index contributed by atoms with van der Waals surface area (Å²) in [6.45, 7) is 3.00. The molecule has 2 rings (SSSR count). The van der Waals surface area contributed by atoms with Crippen molar-refractivity contribution in [2.24, 2.45) is 0 Å². The zero-order valence-corrected chi connectivity index (χ0v) is 12.4. The highest BCUT2D eigenvalue weighted by Gasteiger charge is 2.24. The number of halogens is 1. The Bertz CT molecular complexity index is 414. The zero-order valence-electron chi connectivity index (χ0n) is 10.8. The van der Waals surface area contributed by atoms with E-state index in [0.717, 1.165) is 35.5 Å². The van der Waals surface area contributed by atoms with E-state index >= 15 is 0 Å². The molecule has 0 saturated carbocycles. The first-order chi connectivity index (χ1) is 8.65. The number of ether oxygens (including phenoxy) is 1. The minimum absolute atomic E-state index is 0.199. The van der Waals surface area contributed by atoms with Crippen LogP contribution in [0.3, 0.4) is 0 Å². The van der Waals surface area contributed by atoms with Gasteiger partial charge in [-0.25, -0.2) is 0 Å². The highest BCUT2D eigenvalue weighted by Crippen LogP contribution is 2.30. The first kappa shape index (κ1) is 13.6. The molecule has 1 unspecified atom stereocenters. The number of anilines is 1. The van der Waals surface area contributed by atoms with Crippen LogP contribution < -0.4 is 9.64 Å². The summed E-state index contributed by atoms with van der Waals surface area (Å²) in [6.07, 6.45) is 0. The number of benzene rings is 1. The molecule has 0 radical (unpaired) electrons. The average molecular weight is 315 g/mol. The van der Waals surface area contributed by atoms with Crippen LogP contribution in [0.2, 0.25) is 0 Å². The van der Waals surface area contributed by atoms with Crippen molar-refractivity contribution in [3.63, 3.8) is 0 Å². The van der Waals surface area contributed by atoms with E-state index in [4.69, 9.17) is 4.74 Å². The summed E-state index contributed by atoms with van der Waals surface area (Å²) >= 11 is 3.51. The monoisotopic (exact) mass is 314 g/mol. The number of likely N-dealkylation sites (N-methyl/N-ethyl adjacent to an activating group) is 1. The molecule has 1 heterocycles. The van der Waals surface area contributed by atoms with Gasteiger partial charge in [0.05, 0.1) is 24.2 Å². The Kier molecular flexibility index (Phi) is 4.48. The Hall–Kier alpha value is -0.780. The molecule has 1 aromatic rings. The smallest absolute Gasteiger partial charge is 0.133 e. The second-order valence-electron chi connectivity index (χ2n) is 4.58. The average Bonchev–Trinajstić information content (AvgIpc) is 2.39. The Labute approximate surface area is 116 Å². The number of hydrogen-bond acceptors (Lipinski definition) is 4. The molecule has 1 fully saturated rings. The SMILES string of the molecule is COc1ccc(N2CCN(C)C(CO)C2)cc1Br. The molecule has 1 N–H and O–H groups in total. The van der Waals surface area contributed by atoms with Crippen molar-refractivity contribution >= 4 is 21.6 Å². The van der Waals surface area contributed by atoms with Gasteiger partial charge in [0.2, 0.25) is 0 Å². The zero-order chi connectivity index (χ0) is 13.1. The third-order valence-corrected chi connectivity index (χ3v) is 4.11. The molecule has 0 aliphatic carbocycles. The van der Waals surface area contributed by atoms with E-state index in [2.05, 4.69) is 44.9 Å². The number of piperazine rings is 1. The Morgan fingerprint density at radius 2 is 2.22 bits per heavy atom. The molecule has 1 atom stereocenters. The van der Waals surface area contributed by atoms with Crippen molar-refractivity contribution in [2.75, 3.05) is 45.3 Å². The number of hydrogen-bond donors (Lipinski definition) is 1. The fourth-order valence-electron chi connectivity index (χ4n) is 2.23. The quantitative estimate of drug-likeness (QED) is 0.918. The topological polar surface area (TPSA) is 35.9 Å². The molecule has 0 amide bonds. The summed E-state index contributed by atoms with van der Waals surface area (Å²) in [7, 11) is 3.72. The van der Waals surface area contributed by atoms with Crippen LogP contribution in [0.4, 0.5) is 5.69 Å². The molecule has 100 valence electrons. The van der Waals surface area contributed by atoms with Gasteiger partial charge in [0.1, 0.15) is 5.75 Å². The molecular weight excluding hydrogens is 296 g/mol. The minimum Gasteiger partial charge on any atom is -0.496 e. The molecule has 4 nitrogen and oxygen atoms in total. The van der Waals surface area contributed by atoms with Crippen LogP contribution in [0.5, 0.6) is 5.75 Å². The van der Waals surface area contributed by atoms with Crippen LogP contribution in [-0.4, -0.2) is 56.4 Å². The van der Waals surface area contributed by atoms with E-state index < -0.39 is 0 Å². The summed E-state index contributed by atoms with van der Waals surface area (Å²) in [6, 6.07) is 6.30. The summed E-state index contributed by atoms with van der Waals surface area (Å²) in [5.74, 6) is 0.839. The van der Waals surface area contributed by atoms with Crippen molar-refractivity contribution in [2.45, 2.75) is 6.04 Å². The van der Waals surface area contributed by atoms with Gasteiger partial charge in [0.25, 0.3) is 0 Å². The van der Waals surface area contributed by atoms with Gasteiger partial charge in [-0.3, -0.25) is 4.90 Å². The standard InChI is InChI=1S/C13H19BrN2O2/c1-15-5-6-16(8-11(15)9-17)10-3-4-13(18-2)12(14)7-10/h3-4,7,11,17H,5-6,8-9H2,1-2H3. The number of nitrogens with zero attached hydrogens (tertiary/aromatic N) is 2. The number of rotatable bonds is 3. The highest BCUT2D eigenvalue weighted by atomic mass is 79.9. The predicted octanol–water partition coefficient (Wildman–Crippen LogP) is 1.57. The molecule has 1 aliphatic rings. The Morgan fingerprint density at radius 3 is 2.83 bits per heavy atom. The maximum atomic E-state index is 9.37. The molecule has 18 heavy (non-hydrogen) atoms. The molecule has 0 spiro atoms. The molecule has 0 bridgehead atoms. The minimum atomic E-state index is 0.199. The van der Waals surface area contributed by atoms with Crippen molar-refractivity contribution in [3.8, 4) is 5.75 Å². The van der Waals surface area contributed by atoms with E-state index in [1.807, 2.05) is 6.07 Å². The molecule has 5 heteroatoms. The lowest BCUT2D eigenvalue weighted by atomic mass is 10.1. The summed E-state index contributed by atoms with van der Waals surface area (Å²) in [5, 5.41) is 9.37. The van der Waals surface area contributed by atoms with Crippen LogP contribution in [0, 0.1) is 0 Å². The largest absolute Gasteiger partial charge is 0.496 e. The number of aliphatic hydroxyl groups excluding tert-OH is 1. The van der Waals surface area contributed by atoms with E-state index in [1.165, 1.54) is 0 Å². The highest BCUT2D eigenvalue weighted by molar-refractivity contribution is 9.10. The lowest BCUT2D eigenvalue weighted by molar-refractivity contribution is 0.135. The van der Waals surface area contributed by atoms with E-state index in [0.29, 0.717) is 0 Å². The summed E-state index contributed by atoms with van der Waals surface area (Å²) in [5.41, 5.74) is 1.16. The normalized spacial score (nSPS) is 21.1. The van der Waals surface area contributed by atoms with Crippen LogP contribution in [0.1, 0.15) is 0 Å². The lowest BCUT2D eigenvalue weighted by Gasteiger charge is -2.39. The maximum Gasteiger partial charge on any atom is 0.133 e. The lowest BCUT2D eigenvalue weighted by Crippen LogP contribution is -2.53. The van der Waals surface area contributed by atoms with Crippen molar-refractivity contribution in [3.05, 3.63) is 22.7 Å². The van der Waals surface area contributed by atoms with Crippen molar-refractivity contribution < 1.29 is 9.84 Å². The third kappa shape index (κ3) is 2.79.